The molecule has 0 radical (unpaired) electrons. The van der Waals surface area contributed by atoms with E-state index in [1.54, 1.807) is 11.9 Å². The molecule has 1 aliphatic heterocycles. The second-order valence-corrected chi connectivity index (χ2v) is 9.76. The quantitative estimate of drug-likeness (QED) is 0.544. The number of amides is 1. The second kappa shape index (κ2) is 11.2. The standard InChI is InChI=1S/C21H34N4O3S/c1-21(2,3)28-20(26)25-13-8-11-18(15-25)24-19(22-4)23-12-14-29(27)16-17-9-6-5-7-10-17/h5-7,9-10,18H,8,11-16H2,1-4H3,(H2,22,23,24). The van der Waals surface area contributed by atoms with Crippen LogP contribution in [0.1, 0.15) is 39.2 Å². The highest BCUT2D eigenvalue weighted by atomic mass is 32.2. The number of nitrogens with zero attached hydrogens (tertiary/aromatic N) is 2. The van der Waals surface area contributed by atoms with Crippen LogP contribution >= 0.6 is 0 Å². The van der Waals surface area contributed by atoms with Crippen molar-refractivity contribution in [3.8, 4) is 0 Å². The maximum absolute atomic E-state index is 12.3. The average Bonchev–Trinajstić information content (AvgIpc) is 2.67. The molecule has 0 saturated carbocycles. The van der Waals surface area contributed by atoms with Crippen molar-refractivity contribution in [1.29, 1.82) is 0 Å². The molecule has 2 rings (SSSR count). The molecule has 1 aromatic rings. The highest BCUT2D eigenvalue weighted by Gasteiger charge is 2.28. The van der Waals surface area contributed by atoms with Gasteiger partial charge >= 0.3 is 6.09 Å². The fourth-order valence-electron chi connectivity index (χ4n) is 3.09. The number of aliphatic imine (C=N–C) groups is 1. The van der Waals surface area contributed by atoms with Crippen LogP contribution in [0.3, 0.4) is 0 Å². The summed E-state index contributed by atoms with van der Waals surface area (Å²) in [6, 6.07) is 9.97. The van der Waals surface area contributed by atoms with E-state index in [9.17, 15) is 9.00 Å². The molecule has 1 saturated heterocycles. The maximum atomic E-state index is 12.3. The second-order valence-electron chi connectivity index (χ2n) is 8.18. The molecule has 0 bridgehead atoms. The van der Waals surface area contributed by atoms with Gasteiger partial charge in [0.05, 0.1) is 0 Å². The van der Waals surface area contributed by atoms with Crippen molar-refractivity contribution in [2.24, 2.45) is 4.99 Å². The molecule has 2 unspecified atom stereocenters. The summed E-state index contributed by atoms with van der Waals surface area (Å²) in [6.45, 7) is 7.48. The molecule has 7 nitrogen and oxygen atoms in total. The molecular formula is C21H34N4O3S. The molecule has 1 aromatic carbocycles. The lowest BCUT2D eigenvalue weighted by molar-refractivity contribution is 0.0193. The van der Waals surface area contributed by atoms with Crippen molar-refractivity contribution in [2.75, 3.05) is 32.4 Å². The van der Waals surface area contributed by atoms with Crippen LogP contribution in [0.4, 0.5) is 4.79 Å². The molecule has 2 N–H and O–H groups in total. The van der Waals surface area contributed by atoms with Gasteiger partial charge in [-0.05, 0) is 39.2 Å². The number of benzene rings is 1. The van der Waals surface area contributed by atoms with Gasteiger partial charge in [-0.25, -0.2) is 4.79 Å². The lowest BCUT2D eigenvalue weighted by Gasteiger charge is -2.35. The first-order valence-electron chi connectivity index (χ1n) is 10.1. The normalized spacial score (nSPS) is 18.8. The number of hydrogen-bond acceptors (Lipinski definition) is 4. The van der Waals surface area contributed by atoms with E-state index in [0.717, 1.165) is 18.4 Å². The summed E-state index contributed by atoms with van der Waals surface area (Å²) in [6.07, 6.45) is 1.60. The van der Waals surface area contributed by atoms with Crippen LogP contribution < -0.4 is 10.6 Å². The van der Waals surface area contributed by atoms with E-state index in [4.69, 9.17) is 4.74 Å². The van der Waals surface area contributed by atoms with Gasteiger partial charge in [-0.15, -0.1) is 0 Å². The molecule has 1 amide bonds. The molecule has 2 atom stereocenters. The minimum atomic E-state index is -0.933. The minimum Gasteiger partial charge on any atom is -0.444 e. The van der Waals surface area contributed by atoms with Crippen molar-refractivity contribution in [3.63, 3.8) is 0 Å². The summed E-state index contributed by atoms with van der Waals surface area (Å²) in [5.74, 6) is 1.77. The number of carbonyl (C=O) groups is 1. The Balaban J connectivity index is 1.74. The first kappa shape index (κ1) is 23.2. The summed E-state index contributed by atoms with van der Waals surface area (Å²) in [4.78, 5) is 18.3. The summed E-state index contributed by atoms with van der Waals surface area (Å²) < 4.78 is 17.7. The van der Waals surface area contributed by atoms with Gasteiger partial charge in [0.2, 0.25) is 0 Å². The number of ether oxygens (including phenoxy) is 1. The summed E-state index contributed by atoms with van der Waals surface area (Å²) in [5, 5.41) is 6.59. The Kier molecular flexibility index (Phi) is 8.95. The largest absolute Gasteiger partial charge is 0.444 e. The molecule has 0 aromatic heterocycles. The van der Waals surface area contributed by atoms with Crippen LogP contribution in [-0.2, 0) is 21.3 Å². The van der Waals surface area contributed by atoms with E-state index in [-0.39, 0.29) is 12.1 Å². The van der Waals surface area contributed by atoms with Crippen molar-refractivity contribution < 1.29 is 13.7 Å². The van der Waals surface area contributed by atoms with Gasteiger partial charge in [0.1, 0.15) is 5.60 Å². The number of likely N-dealkylation sites (tertiary alicyclic amines) is 1. The summed E-state index contributed by atoms with van der Waals surface area (Å²) in [7, 11) is 0.780. The van der Waals surface area contributed by atoms with Crippen LogP contribution in [0.5, 0.6) is 0 Å². The maximum Gasteiger partial charge on any atom is 0.410 e. The number of hydrogen-bond donors (Lipinski definition) is 2. The highest BCUT2D eigenvalue weighted by molar-refractivity contribution is 7.84. The molecule has 0 spiro atoms. The molecule has 0 aliphatic carbocycles. The zero-order valence-electron chi connectivity index (χ0n) is 17.9. The number of nitrogens with one attached hydrogen (secondary N) is 2. The third kappa shape index (κ3) is 8.85. The lowest BCUT2D eigenvalue weighted by Crippen LogP contribution is -2.53. The topological polar surface area (TPSA) is 83.0 Å². The summed E-state index contributed by atoms with van der Waals surface area (Å²) >= 11 is 0. The molecule has 1 aliphatic rings. The van der Waals surface area contributed by atoms with E-state index in [0.29, 0.717) is 37.1 Å². The third-order valence-corrected chi connectivity index (χ3v) is 5.74. The Morgan fingerprint density at radius 3 is 2.69 bits per heavy atom. The third-order valence-electron chi connectivity index (χ3n) is 4.43. The van der Waals surface area contributed by atoms with Crippen molar-refractivity contribution >= 4 is 22.9 Å². The van der Waals surface area contributed by atoms with Crippen LogP contribution in [0.25, 0.3) is 0 Å². The Hall–Kier alpha value is -2.09. The number of carbonyl (C=O) groups excluding carboxylic acids is 1. The first-order chi connectivity index (χ1) is 13.8. The van der Waals surface area contributed by atoms with Gasteiger partial charge < -0.3 is 20.3 Å². The number of piperidine rings is 1. The van der Waals surface area contributed by atoms with Gasteiger partial charge in [-0.3, -0.25) is 9.20 Å². The van der Waals surface area contributed by atoms with Crippen LogP contribution in [0.2, 0.25) is 0 Å². The van der Waals surface area contributed by atoms with Crippen molar-refractivity contribution in [3.05, 3.63) is 35.9 Å². The van der Waals surface area contributed by atoms with E-state index in [1.165, 1.54) is 0 Å². The van der Waals surface area contributed by atoms with Gasteiger partial charge in [0.15, 0.2) is 5.96 Å². The van der Waals surface area contributed by atoms with E-state index >= 15 is 0 Å². The highest BCUT2D eigenvalue weighted by Crippen LogP contribution is 2.15. The summed E-state index contributed by atoms with van der Waals surface area (Å²) in [5.41, 5.74) is 0.586. The molecule has 162 valence electrons. The Bertz CT molecular complexity index is 704. The average molecular weight is 423 g/mol. The van der Waals surface area contributed by atoms with Crippen molar-refractivity contribution in [1.82, 2.24) is 15.5 Å². The zero-order valence-corrected chi connectivity index (χ0v) is 18.8. The number of rotatable bonds is 6. The lowest BCUT2D eigenvalue weighted by atomic mass is 10.1. The first-order valence-corrected chi connectivity index (χ1v) is 11.6. The SMILES string of the molecule is CN=C(NCCS(=O)Cc1ccccc1)NC1CCCN(C(=O)OC(C)(C)C)C1. The molecule has 1 heterocycles. The molecular weight excluding hydrogens is 388 g/mol. The zero-order chi connectivity index (χ0) is 21.3. The van der Waals surface area contributed by atoms with Gasteiger partial charge in [0, 0.05) is 55.0 Å². The van der Waals surface area contributed by atoms with E-state index in [1.807, 2.05) is 51.1 Å². The molecule has 29 heavy (non-hydrogen) atoms. The Morgan fingerprint density at radius 1 is 1.31 bits per heavy atom. The van der Waals surface area contributed by atoms with Crippen LogP contribution in [0.15, 0.2) is 35.3 Å². The van der Waals surface area contributed by atoms with E-state index < -0.39 is 16.4 Å². The number of guanidine groups is 1. The van der Waals surface area contributed by atoms with Gasteiger partial charge in [0.25, 0.3) is 0 Å². The minimum absolute atomic E-state index is 0.109. The van der Waals surface area contributed by atoms with Gasteiger partial charge in [-0.1, -0.05) is 30.3 Å². The monoisotopic (exact) mass is 422 g/mol. The van der Waals surface area contributed by atoms with E-state index in [2.05, 4.69) is 15.6 Å². The Labute approximate surface area is 176 Å². The van der Waals surface area contributed by atoms with Crippen LogP contribution in [0, 0.1) is 0 Å². The molecule has 8 heteroatoms. The smallest absolute Gasteiger partial charge is 0.410 e. The molecule has 1 fully saturated rings. The fourth-order valence-corrected chi connectivity index (χ4v) is 4.13. The predicted molar refractivity (Wildman–Crippen MR) is 118 cm³/mol. The Morgan fingerprint density at radius 2 is 2.03 bits per heavy atom. The fraction of sp³-hybridized carbons (Fsp3) is 0.619. The predicted octanol–water partition coefficient (Wildman–Crippen LogP) is 2.50. The van der Waals surface area contributed by atoms with Crippen molar-refractivity contribution in [2.45, 2.75) is 51.0 Å². The van der Waals surface area contributed by atoms with Gasteiger partial charge in [-0.2, -0.15) is 0 Å². The van der Waals surface area contributed by atoms with Crippen LogP contribution in [-0.4, -0.2) is 65.2 Å².